The van der Waals surface area contributed by atoms with Gasteiger partial charge in [-0.2, -0.15) is 0 Å². The number of para-hydroxylation sites is 1. The number of carbonyl (C=O) groups is 1. The largest absolute Gasteiger partial charge is 0.487 e. The third kappa shape index (κ3) is 4.26. The van der Waals surface area contributed by atoms with Crippen LogP contribution in [0.25, 0.3) is 0 Å². The Kier molecular flexibility index (Phi) is 4.91. The summed E-state index contributed by atoms with van der Waals surface area (Å²) in [6.07, 6.45) is 0.0659. The number of carbonyl (C=O) groups excluding carboxylic acids is 1. The number of nitrogens with one attached hydrogen (secondary N) is 1. The molecular formula is C20H22ClNO3. The maximum atomic E-state index is 12.6. The second-order valence-corrected chi connectivity index (χ2v) is 7.32. The minimum atomic E-state index is -0.628. The summed E-state index contributed by atoms with van der Waals surface area (Å²) in [4.78, 5) is 12.6. The molecule has 1 N–H and O–H groups in total. The minimum Gasteiger partial charge on any atom is -0.487 e. The Hall–Kier alpha value is -2.20. The molecule has 1 aliphatic rings. The zero-order valence-electron chi connectivity index (χ0n) is 14.6. The number of benzene rings is 2. The van der Waals surface area contributed by atoms with Gasteiger partial charge in [0, 0.05) is 17.0 Å². The topological polar surface area (TPSA) is 47.6 Å². The summed E-state index contributed by atoms with van der Waals surface area (Å²) in [5, 5.41) is 3.66. The fraction of sp³-hybridized carbons (Fsp3) is 0.350. The molecule has 1 aliphatic heterocycles. The van der Waals surface area contributed by atoms with Gasteiger partial charge in [0.05, 0.1) is 6.04 Å². The van der Waals surface area contributed by atoms with E-state index in [2.05, 4.69) is 5.32 Å². The van der Waals surface area contributed by atoms with Gasteiger partial charge in [0.15, 0.2) is 6.10 Å². The van der Waals surface area contributed by atoms with E-state index in [4.69, 9.17) is 21.1 Å². The van der Waals surface area contributed by atoms with Crippen molar-refractivity contribution >= 4 is 17.5 Å². The maximum Gasteiger partial charge on any atom is 0.261 e. The molecule has 0 spiro atoms. The summed E-state index contributed by atoms with van der Waals surface area (Å²) in [7, 11) is 0. The highest BCUT2D eigenvalue weighted by molar-refractivity contribution is 6.30. The molecule has 5 heteroatoms. The van der Waals surface area contributed by atoms with Crippen molar-refractivity contribution in [3.63, 3.8) is 0 Å². The fourth-order valence-electron chi connectivity index (χ4n) is 3.02. The second kappa shape index (κ2) is 6.96. The highest BCUT2D eigenvalue weighted by Crippen LogP contribution is 2.39. The molecular weight excluding hydrogens is 338 g/mol. The number of hydrogen-bond acceptors (Lipinski definition) is 3. The van der Waals surface area contributed by atoms with Crippen LogP contribution in [0.4, 0.5) is 0 Å². The van der Waals surface area contributed by atoms with E-state index in [9.17, 15) is 4.79 Å². The van der Waals surface area contributed by atoms with Crippen LogP contribution < -0.4 is 14.8 Å². The molecule has 0 fully saturated rings. The van der Waals surface area contributed by atoms with E-state index in [1.165, 1.54) is 0 Å². The monoisotopic (exact) mass is 359 g/mol. The van der Waals surface area contributed by atoms with Gasteiger partial charge in [-0.15, -0.1) is 0 Å². The highest BCUT2D eigenvalue weighted by Gasteiger charge is 2.35. The van der Waals surface area contributed by atoms with Gasteiger partial charge in [-0.3, -0.25) is 4.79 Å². The third-order valence-corrected chi connectivity index (χ3v) is 4.41. The van der Waals surface area contributed by atoms with Crippen LogP contribution in [0.2, 0.25) is 5.02 Å². The molecule has 2 aromatic rings. The first-order valence-electron chi connectivity index (χ1n) is 8.35. The van der Waals surface area contributed by atoms with Crippen LogP contribution in [0, 0.1) is 0 Å². The van der Waals surface area contributed by atoms with Gasteiger partial charge in [0.25, 0.3) is 5.91 Å². The third-order valence-electron chi connectivity index (χ3n) is 4.17. The number of rotatable bonds is 4. The molecule has 4 nitrogen and oxygen atoms in total. The summed E-state index contributed by atoms with van der Waals surface area (Å²) >= 11 is 5.96. The van der Waals surface area contributed by atoms with E-state index >= 15 is 0 Å². The van der Waals surface area contributed by atoms with Gasteiger partial charge in [-0.25, -0.2) is 0 Å². The van der Waals surface area contributed by atoms with E-state index in [0.29, 0.717) is 17.2 Å². The van der Waals surface area contributed by atoms with Crippen molar-refractivity contribution in [1.29, 1.82) is 0 Å². The molecule has 0 aliphatic carbocycles. The standard InChI is InChI=1S/C20H22ClNO3/c1-13(24-15-8-6-7-14(21)11-15)19(23)22-17-12-20(2,3)25-18-10-5-4-9-16(17)18/h4-11,13,17H,12H2,1-3H3,(H,22,23)/t13-,17+/m1/s1. The molecule has 1 heterocycles. The molecule has 0 saturated carbocycles. The minimum absolute atomic E-state index is 0.113. The average Bonchev–Trinajstić information content (AvgIpc) is 2.53. The normalized spacial score (nSPS) is 19.3. The molecule has 2 atom stereocenters. The van der Waals surface area contributed by atoms with Gasteiger partial charge >= 0.3 is 0 Å². The van der Waals surface area contributed by atoms with E-state index in [0.717, 1.165) is 11.3 Å². The van der Waals surface area contributed by atoms with Crippen LogP contribution in [0.1, 0.15) is 38.8 Å². The van der Waals surface area contributed by atoms with E-state index in [1.807, 2.05) is 38.1 Å². The quantitative estimate of drug-likeness (QED) is 0.872. The summed E-state index contributed by atoms with van der Waals surface area (Å²) in [5.74, 6) is 1.22. The van der Waals surface area contributed by atoms with Crippen LogP contribution >= 0.6 is 11.6 Å². The van der Waals surface area contributed by atoms with Crippen molar-refractivity contribution in [3.8, 4) is 11.5 Å². The molecule has 0 aromatic heterocycles. The summed E-state index contributed by atoms with van der Waals surface area (Å²) in [6.45, 7) is 5.77. The zero-order valence-corrected chi connectivity index (χ0v) is 15.3. The van der Waals surface area contributed by atoms with Crippen LogP contribution in [0.15, 0.2) is 48.5 Å². The highest BCUT2D eigenvalue weighted by atomic mass is 35.5. The molecule has 0 bridgehead atoms. The molecule has 1 amide bonds. The van der Waals surface area contributed by atoms with Crippen molar-refractivity contribution in [2.75, 3.05) is 0 Å². The van der Waals surface area contributed by atoms with Crippen molar-refractivity contribution in [1.82, 2.24) is 5.32 Å². The van der Waals surface area contributed by atoms with Crippen molar-refractivity contribution in [2.24, 2.45) is 0 Å². The molecule has 0 saturated heterocycles. The molecule has 0 unspecified atom stereocenters. The van der Waals surface area contributed by atoms with Crippen LogP contribution in [0.5, 0.6) is 11.5 Å². The van der Waals surface area contributed by atoms with E-state index in [1.54, 1.807) is 31.2 Å². The predicted molar refractivity (Wildman–Crippen MR) is 98.2 cm³/mol. The Morgan fingerprint density at radius 2 is 2.04 bits per heavy atom. The van der Waals surface area contributed by atoms with Gasteiger partial charge in [0.2, 0.25) is 0 Å². The van der Waals surface area contributed by atoms with Gasteiger partial charge < -0.3 is 14.8 Å². The lowest BCUT2D eigenvalue weighted by Gasteiger charge is -2.38. The number of hydrogen-bond donors (Lipinski definition) is 1. The van der Waals surface area contributed by atoms with Gasteiger partial charge in [-0.05, 0) is 45.0 Å². The fourth-order valence-corrected chi connectivity index (χ4v) is 3.20. The number of fused-ring (bicyclic) bond motifs is 1. The first-order valence-corrected chi connectivity index (χ1v) is 8.72. The predicted octanol–water partition coefficient (Wildman–Crippen LogP) is 4.53. The summed E-state index contributed by atoms with van der Waals surface area (Å²) in [6, 6.07) is 14.7. The van der Waals surface area contributed by atoms with Crippen LogP contribution in [-0.2, 0) is 4.79 Å². The second-order valence-electron chi connectivity index (χ2n) is 6.88. The zero-order chi connectivity index (χ0) is 18.0. The van der Waals surface area contributed by atoms with E-state index < -0.39 is 6.10 Å². The Morgan fingerprint density at radius 1 is 1.28 bits per heavy atom. The molecule has 3 rings (SSSR count). The summed E-state index contributed by atoms with van der Waals surface area (Å²) < 4.78 is 11.7. The van der Waals surface area contributed by atoms with Gasteiger partial charge in [-0.1, -0.05) is 35.9 Å². The molecule has 0 radical (unpaired) electrons. The average molecular weight is 360 g/mol. The van der Waals surface area contributed by atoms with Crippen LogP contribution in [-0.4, -0.2) is 17.6 Å². The Bertz CT molecular complexity index is 775. The number of halogens is 1. The summed E-state index contributed by atoms with van der Waals surface area (Å²) in [5.41, 5.74) is 0.647. The smallest absolute Gasteiger partial charge is 0.261 e. The maximum absolute atomic E-state index is 12.6. The lowest BCUT2D eigenvalue weighted by molar-refractivity contribution is -0.128. The first kappa shape index (κ1) is 17.6. The Morgan fingerprint density at radius 3 is 2.80 bits per heavy atom. The SMILES string of the molecule is C[C@@H](Oc1cccc(Cl)c1)C(=O)N[C@H]1CC(C)(C)Oc2ccccc21. The van der Waals surface area contributed by atoms with E-state index in [-0.39, 0.29) is 17.6 Å². The van der Waals surface area contributed by atoms with Crippen LogP contribution in [0.3, 0.4) is 0 Å². The molecule has 132 valence electrons. The first-order chi connectivity index (χ1) is 11.8. The Balaban J connectivity index is 1.72. The Labute approximate surface area is 153 Å². The van der Waals surface area contributed by atoms with Crippen molar-refractivity contribution < 1.29 is 14.3 Å². The van der Waals surface area contributed by atoms with Crippen molar-refractivity contribution in [2.45, 2.75) is 44.9 Å². The lowest BCUT2D eigenvalue weighted by Crippen LogP contribution is -2.44. The number of amides is 1. The molecule has 2 aromatic carbocycles. The molecule has 25 heavy (non-hydrogen) atoms. The van der Waals surface area contributed by atoms with Crippen molar-refractivity contribution in [3.05, 3.63) is 59.1 Å². The number of ether oxygens (including phenoxy) is 2. The van der Waals surface area contributed by atoms with Gasteiger partial charge in [0.1, 0.15) is 17.1 Å². The lowest BCUT2D eigenvalue weighted by atomic mass is 9.89.